The average molecular weight is 233 g/mol. The molecule has 0 fully saturated rings. The van der Waals surface area contributed by atoms with E-state index >= 15 is 0 Å². The summed E-state index contributed by atoms with van der Waals surface area (Å²) in [4.78, 5) is 0. The van der Waals surface area contributed by atoms with Gasteiger partial charge in [0.05, 0.1) is 0 Å². The third kappa shape index (κ3) is 4.91. The minimum atomic E-state index is 0.512. The topological polar surface area (TPSA) is 12.0 Å². The third-order valence-corrected chi connectivity index (χ3v) is 3.45. The Balaban J connectivity index is 2.56. The first-order valence-corrected chi connectivity index (χ1v) is 7.12. The third-order valence-electron chi connectivity index (χ3n) is 3.45. The van der Waals surface area contributed by atoms with Crippen LogP contribution >= 0.6 is 0 Å². The van der Waals surface area contributed by atoms with Crippen LogP contribution in [0, 0.1) is 0 Å². The Morgan fingerprint density at radius 1 is 1.00 bits per heavy atom. The SMILES string of the molecule is CCCCC(CC)NC(CC)c1ccccc1. The lowest BCUT2D eigenvalue weighted by Gasteiger charge is -2.24. The van der Waals surface area contributed by atoms with Crippen LogP contribution in [-0.2, 0) is 0 Å². The molecule has 0 aliphatic carbocycles. The Morgan fingerprint density at radius 2 is 1.71 bits per heavy atom. The number of unbranched alkanes of at least 4 members (excludes halogenated alkanes) is 1. The van der Waals surface area contributed by atoms with Crippen LogP contribution in [0.25, 0.3) is 0 Å². The largest absolute Gasteiger partial charge is 0.307 e. The van der Waals surface area contributed by atoms with E-state index in [1.807, 2.05) is 0 Å². The molecule has 1 rings (SSSR count). The van der Waals surface area contributed by atoms with E-state index in [1.54, 1.807) is 0 Å². The lowest BCUT2D eigenvalue weighted by Crippen LogP contribution is -2.32. The maximum Gasteiger partial charge on any atom is 0.0320 e. The monoisotopic (exact) mass is 233 g/mol. The van der Waals surface area contributed by atoms with Gasteiger partial charge in [0.25, 0.3) is 0 Å². The van der Waals surface area contributed by atoms with Gasteiger partial charge in [-0.2, -0.15) is 0 Å². The molecule has 1 aromatic rings. The van der Waals surface area contributed by atoms with Gasteiger partial charge in [0.15, 0.2) is 0 Å². The molecule has 1 heteroatoms. The van der Waals surface area contributed by atoms with Gasteiger partial charge < -0.3 is 5.32 Å². The van der Waals surface area contributed by atoms with Gasteiger partial charge in [-0.25, -0.2) is 0 Å². The van der Waals surface area contributed by atoms with Crippen molar-refractivity contribution in [1.29, 1.82) is 0 Å². The van der Waals surface area contributed by atoms with Crippen LogP contribution in [-0.4, -0.2) is 6.04 Å². The van der Waals surface area contributed by atoms with Crippen molar-refractivity contribution in [2.24, 2.45) is 0 Å². The quantitative estimate of drug-likeness (QED) is 0.686. The van der Waals surface area contributed by atoms with Crippen molar-refractivity contribution in [2.75, 3.05) is 0 Å². The van der Waals surface area contributed by atoms with Crippen LogP contribution in [0.5, 0.6) is 0 Å². The second-order valence-corrected chi connectivity index (χ2v) is 4.79. The van der Waals surface area contributed by atoms with Crippen molar-refractivity contribution < 1.29 is 0 Å². The zero-order valence-corrected chi connectivity index (χ0v) is 11.6. The summed E-state index contributed by atoms with van der Waals surface area (Å²) in [5, 5.41) is 3.80. The van der Waals surface area contributed by atoms with Gasteiger partial charge in [0, 0.05) is 12.1 Å². The van der Waals surface area contributed by atoms with Gasteiger partial charge in [-0.3, -0.25) is 0 Å². The summed E-state index contributed by atoms with van der Waals surface area (Å²) >= 11 is 0. The molecule has 0 aromatic heterocycles. The summed E-state index contributed by atoms with van der Waals surface area (Å²) in [6, 6.07) is 12.0. The molecule has 0 bridgehead atoms. The van der Waals surface area contributed by atoms with Crippen molar-refractivity contribution >= 4 is 0 Å². The van der Waals surface area contributed by atoms with Crippen LogP contribution < -0.4 is 5.32 Å². The molecule has 0 aliphatic rings. The van der Waals surface area contributed by atoms with Crippen molar-refractivity contribution in [2.45, 2.75) is 65.0 Å². The number of hydrogen-bond acceptors (Lipinski definition) is 1. The molecule has 2 atom stereocenters. The highest BCUT2D eigenvalue weighted by molar-refractivity contribution is 5.18. The van der Waals surface area contributed by atoms with E-state index in [9.17, 15) is 0 Å². The van der Waals surface area contributed by atoms with Crippen molar-refractivity contribution in [3.63, 3.8) is 0 Å². The molecule has 0 aliphatic heterocycles. The molecule has 0 amide bonds. The fourth-order valence-corrected chi connectivity index (χ4v) is 2.28. The number of hydrogen-bond donors (Lipinski definition) is 1. The predicted molar refractivity (Wildman–Crippen MR) is 76.2 cm³/mol. The van der Waals surface area contributed by atoms with Crippen molar-refractivity contribution in [3.8, 4) is 0 Å². The highest BCUT2D eigenvalue weighted by Gasteiger charge is 2.13. The Kier molecular flexibility index (Phi) is 6.95. The molecule has 1 N–H and O–H groups in total. The molecule has 0 saturated heterocycles. The van der Waals surface area contributed by atoms with E-state index in [2.05, 4.69) is 56.4 Å². The minimum Gasteiger partial charge on any atom is -0.307 e. The van der Waals surface area contributed by atoms with Crippen LogP contribution in [0.2, 0.25) is 0 Å². The first-order valence-electron chi connectivity index (χ1n) is 7.12. The first kappa shape index (κ1) is 14.2. The highest BCUT2D eigenvalue weighted by atomic mass is 14.9. The number of benzene rings is 1. The van der Waals surface area contributed by atoms with Crippen LogP contribution in [0.1, 0.15) is 64.5 Å². The Morgan fingerprint density at radius 3 is 2.24 bits per heavy atom. The van der Waals surface area contributed by atoms with Gasteiger partial charge in [-0.1, -0.05) is 63.9 Å². The van der Waals surface area contributed by atoms with Gasteiger partial charge in [0.2, 0.25) is 0 Å². The van der Waals surface area contributed by atoms with E-state index in [1.165, 1.54) is 31.2 Å². The van der Waals surface area contributed by atoms with E-state index in [0.717, 1.165) is 6.42 Å². The summed E-state index contributed by atoms with van der Waals surface area (Å²) in [5.74, 6) is 0. The number of nitrogens with one attached hydrogen (secondary N) is 1. The fraction of sp³-hybridized carbons (Fsp3) is 0.625. The van der Waals surface area contributed by atoms with Gasteiger partial charge in [-0.15, -0.1) is 0 Å². The first-order chi connectivity index (χ1) is 8.31. The summed E-state index contributed by atoms with van der Waals surface area (Å²) in [5.41, 5.74) is 1.42. The summed E-state index contributed by atoms with van der Waals surface area (Å²) in [6.45, 7) is 6.81. The van der Waals surface area contributed by atoms with Crippen LogP contribution in [0.3, 0.4) is 0 Å². The molecular formula is C16H27N. The predicted octanol–water partition coefficient (Wildman–Crippen LogP) is 4.70. The fourth-order valence-electron chi connectivity index (χ4n) is 2.28. The minimum absolute atomic E-state index is 0.512. The van der Waals surface area contributed by atoms with Gasteiger partial charge in [0.1, 0.15) is 0 Å². The lowest BCUT2D eigenvalue weighted by molar-refractivity contribution is 0.389. The summed E-state index contributed by atoms with van der Waals surface area (Å²) in [6.07, 6.45) is 6.31. The molecule has 0 radical (unpaired) electrons. The van der Waals surface area contributed by atoms with Crippen molar-refractivity contribution in [1.82, 2.24) is 5.32 Å². The highest BCUT2D eigenvalue weighted by Crippen LogP contribution is 2.18. The van der Waals surface area contributed by atoms with Crippen LogP contribution in [0.15, 0.2) is 30.3 Å². The zero-order valence-electron chi connectivity index (χ0n) is 11.6. The summed E-state index contributed by atoms with van der Waals surface area (Å²) in [7, 11) is 0. The second kappa shape index (κ2) is 8.30. The molecule has 17 heavy (non-hydrogen) atoms. The Labute approximate surface area is 107 Å². The Bertz CT molecular complexity index is 281. The molecule has 1 nitrogen and oxygen atoms in total. The van der Waals surface area contributed by atoms with Crippen LogP contribution in [0.4, 0.5) is 0 Å². The van der Waals surface area contributed by atoms with E-state index in [-0.39, 0.29) is 0 Å². The van der Waals surface area contributed by atoms with Crippen molar-refractivity contribution in [3.05, 3.63) is 35.9 Å². The van der Waals surface area contributed by atoms with Gasteiger partial charge >= 0.3 is 0 Å². The van der Waals surface area contributed by atoms with Gasteiger partial charge in [-0.05, 0) is 24.8 Å². The van der Waals surface area contributed by atoms with E-state index in [0.29, 0.717) is 12.1 Å². The molecule has 1 aromatic carbocycles. The molecule has 0 heterocycles. The lowest BCUT2D eigenvalue weighted by atomic mass is 10.0. The molecule has 0 saturated carbocycles. The normalized spacial score (nSPS) is 14.5. The number of rotatable bonds is 8. The molecule has 0 spiro atoms. The summed E-state index contributed by atoms with van der Waals surface area (Å²) < 4.78 is 0. The maximum absolute atomic E-state index is 3.80. The smallest absolute Gasteiger partial charge is 0.0320 e. The zero-order chi connectivity index (χ0) is 12.5. The molecular weight excluding hydrogens is 206 g/mol. The maximum atomic E-state index is 3.80. The van der Waals surface area contributed by atoms with E-state index in [4.69, 9.17) is 0 Å². The molecule has 2 unspecified atom stereocenters. The van der Waals surface area contributed by atoms with E-state index < -0.39 is 0 Å². The Hall–Kier alpha value is -0.820. The second-order valence-electron chi connectivity index (χ2n) is 4.79. The standard InChI is InChI=1S/C16H27N/c1-4-7-13-15(5-2)17-16(6-3)14-11-9-8-10-12-14/h8-12,15-17H,4-7,13H2,1-3H3. The molecule has 96 valence electrons. The average Bonchev–Trinajstić information content (AvgIpc) is 2.40.